The Hall–Kier alpha value is -1.35. The summed E-state index contributed by atoms with van der Waals surface area (Å²) in [5, 5.41) is 0. The summed E-state index contributed by atoms with van der Waals surface area (Å²) >= 11 is 0. The smallest absolute Gasteiger partial charge is 0.163 e. The summed E-state index contributed by atoms with van der Waals surface area (Å²) in [7, 11) is 0. The van der Waals surface area contributed by atoms with Crippen LogP contribution >= 0.6 is 0 Å². The van der Waals surface area contributed by atoms with Crippen molar-refractivity contribution in [1.29, 1.82) is 0 Å². The average Bonchev–Trinajstić information content (AvgIpc) is 2.39. The number of carbonyl (C=O) groups is 1. The second kappa shape index (κ2) is 6.71. The summed E-state index contributed by atoms with van der Waals surface area (Å²) < 4.78 is 10.9. The largest absolute Gasteiger partial charge is 0.491 e. The molecule has 3 nitrogen and oxygen atoms in total. The number of rotatable bonds is 5. The SMILES string of the molecule is CC(C)Oc1cccc(C(=O)CC2CCOCC2)c1. The minimum atomic E-state index is 0.126. The van der Waals surface area contributed by atoms with Crippen molar-refractivity contribution >= 4 is 5.78 Å². The van der Waals surface area contributed by atoms with E-state index < -0.39 is 0 Å². The summed E-state index contributed by atoms with van der Waals surface area (Å²) in [5.41, 5.74) is 0.754. The minimum absolute atomic E-state index is 0.126. The average molecular weight is 262 g/mol. The first-order valence-electron chi connectivity index (χ1n) is 7.03. The van der Waals surface area contributed by atoms with Crippen LogP contribution in [0.3, 0.4) is 0 Å². The molecule has 1 fully saturated rings. The standard InChI is InChI=1S/C16H22O3/c1-12(2)19-15-5-3-4-14(11-15)16(17)10-13-6-8-18-9-7-13/h3-5,11-13H,6-10H2,1-2H3. The van der Waals surface area contributed by atoms with E-state index in [1.165, 1.54) is 0 Å². The van der Waals surface area contributed by atoms with Crippen molar-refractivity contribution in [1.82, 2.24) is 0 Å². The third-order valence-electron chi connectivity index (χ3n) is 3.34. The maximum Gasteiger partial charge on any atom is 0.163 e. The molecule has 104 valence electrons. The topological polar surface area (TPSA) is 35.5 Å². The summed E-state index contributed by atoms with van der Waals surface area (Å²) in [4.78, 5) is 12.3. The molecule has 3 heteroatoms. The molecule has 0 amide bonds. The highest BCUT2D eigenvalue weighted by molar-refractivity contribution is 5.96. The number of hydrogen-bond donors (Lipinski definition) is 0. The maximum absolute atomic E-state index is 12.3. The Balaban J connectivity index is 1.97. The molecule has 1 aliphatic rings. The van der Waals surface area contributed by atoms with Crippen molar-refractivity contribution in [2.45, 2.75) is 39.2 Å². The predicted molar refractivity (Wildman–Crippen MR) is 74.7 cm³/mol. The number of carbonyl (C=O) groups excluding carboxylic acids is 1. The Morgan fingerprint density at radius 2 is 2.11 bits per heavy atom. The molecule has 0 N–H and O–H groups in total. The third-order valence-corrected chi connectivity index (χ3v) is 3.34. The van der Waals surface area contributed by atoms with Crippen molar-refractivity contribution in [3.63, 3.8) is 0 Å². The van der Waals surface area contributed by atoms with E-state index in [-0.39, 0.29) is 11.9 Å². The van der Waals surface area contributed by atoms with Gasteiger partial charge in [0.1, 0.15) is 5.75 Å². The van der Waals surface area contributed by atoms with Crippen LogP contribution in [0.2, 0.25) is 0 Å². The van der Waals surface area contributed by atoms with E-state index in [1.807, 2.05) is 38.1 Å². The van der Waals surface area contributed by atoms with Gasteiger partial charge in [-0.1, -0.05) is 12.1 Å². The number of ketones is 1. The molecule has 0 spiro atoms. The van der Waals surface area contributed by atoms with Crippen molar-refractivity contribution in [3.8, 4) is 5.75 Å². The van der Waals surface area contributed by atoms with E-state index in [0.717, 1.165) is 37.4 Å². The van der Waals surface area contributed by atoms with Crippen LogP contribution in [0.25, 0.3) is 0 Å². The zero-order valence-corrected chi connectivity index (χ0v) is 11.7. The molecule has 0 bridgehead atoms. The van der Waals surface area contributed by atoms with E-state index >= 15 is 0 Å². The minimum Gasteiger partial charge on any atom is -0.491 e. The van der Waals surface area contributed by atoms with Crippen LogP contribution in [0.1, 0.15) is 43.5 Å². The highest BCUT2D eigenvalue weighted by Gasteiger charge is 2.18. The monoisotopic (exact) mass is 262 g/mol. The van der Waals surface area contributed by atoms with Crippen LogP contribution in [0.5, 0.6) is 5.75 Å². The van der Waals surface area contributed by atoms with Gasteiger partial charge in [0, 0.05) is 25.2 Å². The number of Topliss-reactive ketones (excluding diaryl/α,β-unsaturated/α-hetero) is 1. The molecule has 1 heterocycles. The molecule has 1 aromatic rings. The molecule has 0 aliphatic carbocycles. The van der Waals surface area contributed by atoms with Gasteiger partial charge in [-0.25, -0.2) is 0 Å². The van der Waals surface area contributed by atoms with Gasteiger partial charge in [-0.05, 0) is 44.7 Å². The molecule has 0 unspecified atom stereocenters. The predicted octanol–water partition coefficient (Wildman–Crippen LogP) is 3.47. The van der Waals surface area contributed by atoms with Crippen LogP contribution < -0.4 is 4.74 Å². The van der Waals surface area contributed by atoms with Gasteiger partial charge >= 0.3 is 0 Å². The fraction of sp³-hybridized carbons (Fsp3) is 0.562. The molecule has 1 aromatic carbocycles. The number of benzene rings is 1. The van der Waals surface area contributed by atoms with E-state index in [0.29, 0.717) is 12.3 Å². The molecule has 0 saturated carbocycles. The van der Waals surface area contributed by atoms with Gasteiger partial charge in [0.25, 0.3) is 0 Å². The van der Waals surface area contributed by atoms with Crippen LogP contribution in [-0.2, 0) is 4.74 Å². The Morgan fingerprint density at radius 3 is 2.79 bits per heavy atom. The first-order valence-corrected chi connectivity index (χ1v) is 7.03. The fourth-order valence-corrected chi connectivity index (χ4v) is 2.35. The molecular weight excluding hydrogens is 240 g/mol. The Labute approximate surface area is 114 Å². The Kier molecular flexibility index (Phi) is 4.97. The van der Waals surface area contributed by atoms with Gasteiger partial charge in [0.2, 0.25) is 0 Å². The highest BCUT2D eigenvalue weighted by atomic mass is 16.5. The first kappa shape index (κ1) is 14.1. The lowest BCUT2D eigenvalue weighted by atomic mass is 9.92. The molecule has 2 rings (SSSR count). The Morgan fingerprint density at radius 1 is 1.37 bits per heavy atom. The van der Waals surface area contributed by atoms with E-state index in [9.17, 15) is 4.79 Å². The van der Waals surface area contributed by atoms with Crippen LogP contribution in [0, 0.1) is 5.92 Å². The fourth-order valence-electron chi connectivity index (χ4n) is 2.35. The van der Waals surface area contributed by atoms with Crippen molar-refractivity contribution in [2.24, 2.45) is 5.92 Å². The Bertz CT molecular complexity index is 420. The van der Waals surface area contributed by atoms with E-state index in [1.54, 1.807) is 0 Å². The van der Waals surface area contributed by atoms with Crippen molar-refractivity contribution in [3.05, 3.63) is 29.8 Å². The molecule has 1 aliphatic heterocycles. The summed E-state index contributed by atoms with van der Waals surface area (Å²) in [6, 6.07) is 7.50. The van der Waals surface area contributed by atoms with E-state index in [2.05, 4.69) is 0 Å². The maximum atomic E-state index is 12.3. The zero-order chi connectivity index (χ0) is 13.7. The van der Waals surface area contributed by atoms with Gasteiger partial charge < -0.3 is 9.47 Å². The van der Waals surface area contributed by atoms with Crippen LogP contribution in [0.4, 0.5) is 0 Å². The highest BCUT2D eigenvalue weighted by Crippen LogP contribution is 2.22. The van der Waals surface area contributed by atoms with Crippen molar-refractivity contribution in [2.75, 3.05) is 13.2 Å². The normalized spacial score (nSPS) is 16.6. The second-order valence-corrected chi connectivity index (χ2v) is 5.38. The third kappa shape index (κ3) is 4.35. The number of hydrogen-bond acceptors (Lipinski definition) is 3. The van der Waals surface area contributed by atoms with Crippen LogP contribution in [0.15, 0.2) is 24.3 Å². The van der Waals surface area contributed by atoms with Gasteiger partial charge in [-0.3, -0.25) is 4.79 Å². The lowest BCUT2D eigenvalue weighted by Crippen LogP contribution is -2.18. The van der Waals surface area contributed by atoms with E-state index in [4.69, 9.17) is 9.47 Å². The van der Waals surface area contributed by atoms with Crippen LogP contribution in [-0.4, -0.2) is 25.1 Å². The summed E-state index contributed by atoms with van der Waals surface area (Å²) in [5.74, 6) is 1.45. The molecule has 0 radical (unpaired) electrons. The molecule has 0 aromatic heterocycles. The van der Waals surface area contributed by atoms with Gasteiger partial charge in [0.15, 0.2) is 5.78 Å². The summed E-state index contributed by atoms with van der Waals surface area (Å²) in [6.45, 7) is 5.54. The van der Waals surface area contributed by atoms with Crippen molar-refractivity contribution < 1.29 is 14.3 Å². The first-order chi connectivity index (χ1) is 9.15. The molecule has 1 saturated heterocycles. The quantitative estimate of drug-likeness (QED) is 0.762. The lowest BCUT2D eigenvalue weighted by molar-refractivity contribution is 0.0601. The summed E-state index contributed by atoms with van der Waals surface area (Å²) in [6.07, 6.45) is 2.73. The van der Waals surface area contributed by atoms with Gasteiger partial charge in [-0.15, -0.1) is 0 Å². The number of ether oxygens (including phenoxy) is 2. The molecule has 0 atom stereocenters. The molecule has 19 heavy (non-hydrogen) atoms. The lowest BCUT2D eigenvalue weighted by Gasteiger charge is -2.21. The molecular formula is C16H22O3. The van der Waals surface area contributed by atoms with Gasteiger partial charge in [0.05, 0.1) is 6.10 Å². The zero-order valence-electron chi connectivity index (χ0n) is 11.7. The van der Waals surface area contributed by atoms with Gasteiger partial charge in [-0.2, -0.15) is 0 Å². The second-order valence-electron chi connectivity index (χ2n) is 5.38.